The molecule has 0 radical (unpaired) electrons. The average molecular weight is 475 g/mol. The third-order valence-corrected chi connectivity index (χ3v) is 5.89. The maximum atomic E-state index is 13.3. The van der Waals surface area contributed by atoms with E-state index < -0.39 is 17.7 Å². The largest absolute Gasteiger partial charge is 0.507 e. The number of carbonyl (C=O) groups excluding carboxylic acids is 2. The van der Waals surface area contributed by atoms with E-state index in [2.05, 4.69) is 0 Å². The van der Waals surface area contributed by atoms with Crippen LogP contribution in [-0.2, 0) is 9.59 Å². The molecule has 1 fully saturated rings. The van der Waals surface area contributed by atoms with Gasteiger partial charge >= 0.3 is 0 Å². The fourth-order valence-corrected chi connectivity index (χ4v) is 4.08. The first-order valence-electron chi connectivity index (χ1n) is 10.7. The number of anilines is 1. The smallest absolute Gasteiger partial charge is 0.300 e. The van der Waals surface area contributed by atoms with E-state index >= 15 is 0 Å². The summed E-state index contributed by atoms with van der Waals surface area (Å²) in [6, 6.07) is 17.5. The first-order chi connectivity index (χ1) is 16.9. The van der Waals surface area contributed by atoms with Crippen LogP contribution in [0.2, 0.25) is 0 Å². The lowest BCUT2D eigenvalue weighted by atomic mass is 9.94. The van der Waals surface area contributed by atoms with Gasteiger partial charge in [-0.1, -0.05) is 0 Å². The summed E-state index contributed by atoms with van der Waals surface area (Å²) in [7, 11) is 6.09. The van der Waals surface area contributed by atoms with Gasteiger partial charge in [-0.05, 0) is 60.7 Å². The van der Waals surface area contributed by atoms with Crippen molar-refractivity contribution in [2.24, 2.45) is 0 Å². The molecule has 4 rings (SSSR count). The quantitative estimate of drug-likeness (QED) is 0.308. The zero-order valence-corrected chi connectivity index (χ0v) is 19.8. The molecule has 8 nitrogen and oxygen atoms in total. The van der Waals surface area contributed by atoms with Gasteiger partial charge in [-0.15, -0.1) is 0 Å². The summed E-state index contributed by atoms with van der Waals surface area (Å²) < 4.78 is 21.3. The Hall–Kier alpha value is -4.46. The van der Waals surface area contributed by atoms with Crippen LogP contribution in [0.3, 0.4) is 0 Å². The van der Waals surface area contributed by atoms with Crippen molar-refractivity contribution >= 4 is 23.1 Å². The molecule has 3 aromatic carbocycles. The minimum atomic E-state index is -0.952. The van der Waals surface area contributed by atoms with Crippen molar-refractivity contribution in [3.8, 4) is 23.0 Å². The second-order valence-corrected chi connectivity index (χ2v) is 7.70. The van der Waals surface area contributed by atoms with E-state index in [1.165, 1.54) is 33.3 Å². The fraction of sp³-hybridized carbons (Fsp3) is 0.185. The van der Waals surface area contributed by atoms with E-state index in [9.17, 15) is 14.7 Å². The van der Waals surface area contributed by atoms with Crippen molar-refractivity contribution in [1.29, 1.82) is 0 Å². The monoisotopic (exact) mass is 475 g/mol. The zero-order valence-electron chi connectivity index (χ0n) is 19.8. The van der Waals surface area contributed by atoms with Crippen molar-refractivity contribution in [2.75, 3.05) is 33.3 Å². The van der Waals surface area contributed by atoms with Gasteiger partial charge in [0.25, 0.3) is 11.7 Å². The van der Waals surface area contributed by atoms with Gasteiger partial charge in [0.1, 0.15) is 28.8 Å². The molecule has 1 heterocycles. The topological polar surface area (TPSA) is 94.5 Å². The Kier molecular flexibility index (Phi) is 6.64. The first-order valence-corrected chi connectivity index (χ1v) is 10.7. The summed E-state index contributed by atoms with van der Waals surface area (Å²) in [5, 5.41) is 11.3. The van der Waals surface area contributed by atoms with Gasteiger partial charge in [0.15, 0.2) is 0 Å². The Morgan fingerprint density at radius 2 is 1.29 bits per heavy atom. The molecule has 1 saturated heterocycles. The van der Waals surface area contributed by atoms with Crippen LogP contribution in [0.15, 0.2) is 72.3 Å². The molecule has 0 aromatic heterocycles. The van der Waals surface area contributed by atoms with Crippen LogP contribution in [-0.4, -0.2) is 45.2 Å². The van der Waals surface area contributed by atoms with Crippen LogP contribution in [0.1, 0.15) is 17.2 Å². The van der Waals surface area contributed by atoms with E-state index in [0.717, 1.165) is 0 Å². The summed E-state index contributed by atoms with van der Waals surface area (Å²) in [5.74, 6) is 0.253. The summed E-state index contributed by atoms with van der Waals surface area (Å²) in [6.45, 7) is 0. The number of Topliss-reactive ketones (excluding diaryl/α,β-unsaturated/α-hetero) is 1. The third kappa shape index (κ3) is 4.26. The number of methoxy groups -OCH3 is 4. The Bertz CT molecular complexity index is 1280. The number of amides is 1. The van der Waals surface area contributed by atoms with Crippen LogP contribution in [0.25, 0.3) is 5.76 Å². The predicted octanol–water partition coefficient (Wildman–Crippen LogP) is 4.35. The van der Waals surface area contributed by atoms with Crippen molar-refractivity contribution < 1.29 is 33.6 Å². The van der Waals surface area contributed by atoms with Crippen LogP contribution >= 0.6 is 0 Å². The molecule has 35 heavy (non-hydrogen) atoms. The molecule has 1 aliphatic heterocycles. The first kappa shape index (κ1) is 23.7. The summed E-state index contributed by atoms with van der Waals surface area (Å²) in [4.78, 5) is 28.0. The van der Waals surface area contributed by atoms with E-state index in [4.69, 9.17) is 18.9 Å². The molecule has 180 valence electrons. The van der Waals surface area contributed by atoms with E-state index in [1.807, 2.05) is 0 Å². The second kappa shape index (κ2) is 9.80. The van der Waals surface area contributed by atoms with Crippen LogP contribution in [0.4, 0.5) is 5.69 Å². The van der Waals surface area contributed by atoms with Gasteiger partial charge in [0.05, 0.1) is 40.1 Å². The summed E-state index contributed by atoms with van der Waals surface area (Å²) >= 11 is 0. The van der Waals surface area contributed by atoms with Gasteiger partial charge < -0.3 is 24.1 Å². The molecule has 8 heteroatoms. The average Bonchev–Trinajstić information content (AvgIpc) is 3.17. The third-order valence-electron chi connectivity index (χ3n) is 5.89. The maximum Gasteiger partial charge on any atom is 0.300 e. The number of aliphatic hydroxyl groups excluding tert-OH is 1. The lowest BCUT2D eigenvalue weighted by Gasteiger charge is -2.27. The van der Waals surface area contributed by atoms with E-state index in [0.29, 0.717) is 39.8 Å². The lowest BCUT2D eigenvalue weighted by Crippen LogP contribution is -2.29. The molecule has 1 atom stereocenters. The van der Waals surface area contributed by atoms with Crippen molar-refractivity contribution in [3.05, 3.63) is 83.4 Å². The lowest BCUT2D eigenvalue weighted by molar-refractivity contribution is -0.132. The predicted molar refractivity (Wildman–Crippen MR) is 130 cm³/mol. The normalized spacial score (nSPS) is 16.8. The van der Waals surface area contributed by atoms with Gasteiger partial charge in [0.2, 0.25) is 0 Å². The molecule has 1 amide bonds. The molecule has 3 aromatic rings. The highest BCUT2D eigenvalue weighted by Crippen LogP contribution is 2.46. The molecular formula is C27H25NO7. The van der Waals surface area contributed by atoms with Gasteiger partial charge in [-0.3, -0.25) is 14.5 Å². The Balaban J connectivity index is 1.95. The summed E-state index contributed by atoms with van der Waals surface area (Å²) in [5.41, 5.74) is 1.29. The Labute approximate surface area is 202 Å². The molecule has 0 unspecified atom stereocenters. The molecule has 1 N–H and O–H groups in total. The van der Waals surface area contributed by atoms with Gasteiger partial charge in [0, 0.05) is 22.9 Å². The zero-order chi connectivity index (χ0) is 25.1. The minimum absolute atomic E-state index is 0.0561. The van der Waals surface area contributed by atoms with Gasteiger partial charge in [-0.2, -0.15) is 0 Å². The molecule has 0 bridgehead atoms. The number of aliphatic hydroxyl groups is 1. The Morgan fingerprint density at radius 1 is 0.743 bits per heavy atom. The van der Waals surface area contributed by atoms with E-state index in [1.54, 1.807) is 66.7 Å². The highest BCUT2D eigenvalue weighted by molar-refractivity contribution is 6.51. The minimum Gasteiger partial charge on any atom is -0.507 e. The number of hydrogen-bond acceptors (Lipinski definition) is 7. The molecular weight excluding hydrogens is 450 g/mol. The van der Waals surface area contributed by atoms with E-state index in [-0.39, 0.29) is 11.3 Å². The van der Waals surface area contributed by atoms with Crippen LogP contribution in [0.5, 0.6) is 23.0 Å². The second-order valence-electron chi connectivity index (χ2n) is 7.70. The van der Waals surface area contributed by atoms with Crippen LogP contribution < -0.4 is 23.8 Å². The van der Waals surface area contributed by atoms with Crippen molar-refractivity contribution in [1.82, 2.24) is 0 Å². The number of ketones is 1. The molecule has 0 saturated carbocycles. The fourth-order valence-electron chi connectivity index (χ4n) is 4.08. The molecule has 0 aliphatic carbocycles. The SMILES string of the molecule is COc1ccc(C(O)=C2C(=O)C(=O)N(c3ccc(OC)cc3)[C@H]2c2ccc(OC)cc2OC)cc1. The van der Waals surface area contributed by atoms with Gasteiger partial charge in [-0.25, -0.2) is 0 Å². The van der Waals surface area contributed by atoms with Crippen molar-refractivity contribution in [2.45, 2.75) is 6.04 Å². The van der Waals surface area contributed by atoms with Crippen LogP contribution in [0, 0.1) is 0 Å². The number of carbonyl (C=O) groups is 2. The van der Waals surface area contributed by atoms with Crippen molar-refractivity contribution in [3.63, 3.8) is 0 Å². The number of nitrogens with zero attached hydrogens (tertiary/aromatic N) is 1. The highest BCUT2D eigenvalue weighted by atomic mass is 16.5. The molecule has 1 aliphatic rings. The number of ether oxygens (including phenoxy) is 4. The highest BCUT2D eigenvalue weighted by Gasteiger charge is 2.48. The Morgan fingerprint density at radius 3 is 1.83 bits per heavy atom. The summed E-state index contributed by atoms with van der Waals surface area (Å²) in [6.07, 6.45) is 0. The number of benzene rings is 3. The number of hydrogen-bond donors (Lipinski definition) is 1. The number of rotatable bonds is 7. The standard InChI is InChI=1S/C27H25NO7/c1-32-18-9-5-16(6-10-18)25(29)23-24(21-14-13-20(34-3)15-22(21)35-4)28(27(31)26(23)30)17-7-11-19(33-2)12-8-17/h5-15,24,29H,1-4H3/t24-/m0/s1. The molecule has 0 spiro atoms. The maximum absolute atomic E-state index is 13.3.